The van der Waals surface area contributed by atoms with Crippen molar-refractivity contribution in [3.63, 3.8) is 0 Å². The molecule has 1 heterocycles. The van der Waals surface area contributed by atoms with E-state index in [1.54, 1.807) is 0 Å². The first kappa shape index (κ1) is 38.1. The number of rotatable bonds is 10. The molecule has 1 aliphatic carbocycles. The summed E-state index contributed by atoms with van der Waals surface area (Å²) in [6.45, 7) is 11.7. The number of thiol groups is 1. The van der Waals surface area contributed by atoms with Crippen LogP contribution >= 0.6 is 24.2 Å². The van der Waals surface area contributed by atoms with Gasteiger partial charge in [-0.2, -0.15) is 12.6 Å². The third-order valence-electron chi connectivity index (χ3n) is 7.48. The minimum Gasteiger partial charge on any atom is -0.481 e. The van der Waals surface area contributed by atoms with Gasteiger partial charge >= 0.3 is 5.97 Å². The SMILES string of the molecule is CC.CC.CC(C)(O)c1ccccc1CCCc1cccc(/C=C/c2ccc3ccc(Cl)cc3n2)c1.O=C(O)CC1(CS)CC1. The van der Waals surface area contributed by atoms with Gasteiger partial charge in [-0.3, -0.25) is 4.79 Å². The van der Waals surface area contributed by atoms with Crippen molar-refractivity contribution >= 4 is 53.3 Å². The third kappa shape index (κ3) is 12.7. The summed E-state index contributed by atoms with van der Waals surface area (Å²) < 4.78 is 0. The lowest BCUT2D eigenvalue weighted by molar-refractivity contribution is -0.138. The monoisotopic (exact) mass is 647 g/mol. The molecule has 1 saturated carbocycles. The van der Waals surface area contributed by atoms with E-state index in [-0.39, 0.29) is 5.41 Å². The zero-order chi connectivity index (χ0) is 33.5. The average Bonchev–Trinajstić information content (AvgIpc) is 3.81. The molecule has 242 valence electrons. The first-order valence-electron chi connectivity index (χ1n) is 16.0. The second kappa shape index (κ2) is 18.8. The molecule has 4 nitrogen and oxygen atoms in total. The molecule has 0 spiro atoms. The van der Waals surface area contributed by atoms with E-state index in [1.807, 2.05) is 90.1 Å². The lowest BCUT2D eigenvalue weighted by atomic mass is 9.90. The number of aliphatic hydroxyl groups is 1. The van der Waals surface area contributed by atoms with E-state index in [1.165, 1.54) is 11.1 Å². The van der Waals surface area contributed by atoms with Gasteiger partial charge in [-0.1, -0.05) is 106 Å². The smallest absolute Gasteiger partial charge is 0.303 e. The van der Waals surface area contributed by atoms with Crippen LogP contribution in [0.1, 0.15) is 95.2 Å². The molecule has 5 rings (SSSR count). The second-order valence-corrected chi connectivity index (χ2v) is 12.2. The standard InChI is InChI=1S/C29H28ClNO.C6H10O2S.2C2H6/c1-29(2,32)27-12-4-3-10-23(27)11-6-9-21-7-5-8-22(19-21)13-17-26-18-15-24-14-16-25(30)20-28(24)31-26;7-5(8)3-6(4-9)1-2-6;2*1-2/h3-5,7-8,10,12-20,32H,6,9,11H2,1-2H3;9H,1-4H2,(H,7,8);2*1-2H3/b17-13+;;;. The van der Waals surface area contributed by atoms with Gasteiger partial charge in [-0.05, 0) is 104 Å². The number of carbonyl (C=O) groups is 1. The highest BCUT2D eigenvalue weighted by atomic mass is 35.5. The highest BCUT2D eigenvalue weighted by Crippen LogP contribution is 2.49. The number of aryl methyl sites for hydroxylation is 2. The summed E-state index contributed by atoms with van der Waals surface area (Å²) >= 11 is 10.2. The van der Waals surface area contributed by atoms with Crippen molar-refractivity contribution in [2.75, 3.05) is 5.75 Å². The molecule has 6 heteroatoms. The Hall–Kier alpha value is -3.12. The van der Waals surface area contributed by atoms with Crippen molar-refractivity contribution in [3.05, 3.63) is 112 Å². The van der Waals surface area contributed by atoms with E-state index >= 15 is 0 Å². The Bertz CT molecular complexity index is 1520. The molecule has 1 fully saturated rings. The zero-order valence-corrected chi connectivity index (χ0v) is 29.3. The number of fused-ring (bicyclic) bond motifs is 1. The van der Waals surface area contributed by atoms with Gasteiger partial charge in [0.25, 0.3) is 0 Å². The normalized spacial score (nSPS) is 13.1. The maximum atomic E-state index is 10.4. The third-order valence-corrected chi connectivity index (χ3v) is 8.39. The van der Waals surface area contributed by atoms with Crippen LogP contribution in [0.2, 0.25) is 5.02 Å². The fraction of sp³-hybridized carbons (Fsp3) is 0.385. The van der Waals surface area contributed by atoms with Crippen LogP contribution in [0.15, 0.2) is 78.9 Å². The van der Waals surface area contributed by atoms with Crippen LogP contribution in [-0.2, 0) is 23.2 Å². The van der Waals surface area contributed by atoms with Crippen LogP contribution in [0, 0.1) is 5.41 Å². The van der Waals surface area contributed by atoms with Gasteiger partial charge in [-0.25, -0.2) is 4.98 Å². The van der Waals surface area contributed by atoms with Crippen LogP contribution in [0.5, 0.6) is 0 Å². The maximum Gasteiger partial charge on any atom is 0.303 e. The minimum atomic E-state index is -0.816. The highest BCUT2D eigenvalue weighted by Gasteiger charge is 2.42. The number of hydrogen-bond acceptors (Lipinski definition) is 4. The van der Waals surface area contributed by atoms with Crippen molar-refractivity contribution < 1.29 is 15.0 Å². The first-order chi connectivity index (χ1) is 21.6. The lowest BCUT2D eigenvalue weighted by Crippen LogP contribution is -2.18. The number of halogens is 1. The predicted octanol–water partition coefficient (Wildman–Crippen LogP) is 10.7. The van der Waals surface area contributed by atoms with Crippen molar-refractivity contribution in [2.45, 2.75) is 85.7 Å². The number of carboxylic acids is 1. The lowest BCUT2D eigenvalue weighted by Gasteiger charge is -2.21. The van der Waals surface area contributed by atoms with Crippen molar-refractivity contribution in [1.29, 1.82) is 0 Å². The summed E-state index contributed by atoms with van der Waals surface area (Å²) in [4.78, 5) is 14.9. The van der Waals surface area contributed by atoms with Gasteiger partial charge in [0.1, 0.15) is 0 Å². The topological polar surface area (TPSA) is 70.4 Å². The largest absolute Gasteiger partial charge is 0.481 e. The van der Waals surface area contributed by atoms with Gasteiger partial charge in [0.15, 0.2) is 0 Å². The van der Waals surface area contributed by atoms with Crippen LogP contribution in [0.25, 0.3) is 23.1 Å². The van der Waals surface area contributed by atoms with E-state index in [0.29, 0.717) is 11.4 Å². The summed E-state index contributed by atoms with van der Waals surface area (Å²) in [5.41, 5.74) is 5.78. The zero-order valence-electron chi connectivity index (χ0n) is 27.7. The molecule has 0 radical (unpaired) electrons. The summed E-state index contributed by atoms with van der Waals surface area (Å²) in [5, 5.41) is 20.6. The van der Waals surface area contributed by atoms with Gasteiger partial charge in [-0.15, -0.1) is 0 Å². The highest BCUT2D eigenvalue weighted by molar-refractivity contribution is 7.80. The summed E-state index contributed by atoms with van der Waals surface area (Å²) in [7, 11) is 0. The Morgan fingerprint density at radius 3 is 2.24 bits per heavy atom. The Morgan fingerprint density at radius 1 is 0.933 bits per heavy atom. The van der Waals surface area contributed by atoms with E-state index in [0.717, 1.165) is 65.6 Å². The molecule has 0 atom stereocenters. The Kier molecular flexibility index (Phi) is 15.9. The van der Waals surface area contributed by atoms with Crippen LogP contribution in [0.3, 0.4) is 0 Å². The molecule has 45 heavy (non-hydrogen) atoms. The Balaban J connectivity index is 0.000000458. The van der Waals surface area contributed by atoms with Crippen molar-refractivity contribution in [3.8, 4) is 0 Å². The molecular formula is C39H50ClNO3S. The molecule has 0 unspecified atom stereocenters. The van der Waals surface area contributed by atoms with Crippen LogP contribution < -0.4 is 0 Å². The fourth-order valence-corrected chi connectivity index (χ4v) is 5.53. The number of aliphatic carboxylic acids is 1. The first-order valence-corrected chi connectivity index (χ1v) is 17.0. The Morgan fingerprint density at radius 2 is 1.62 bits per heavy atom. The molecular weight excluding hydrogens is 598 g/mol. The molecule has 0 bridgehead atoms. The molecule has 3 aromatic carbocycles. The number of nitrogens with zero attached hydrogens (tertiary/aromatic N) is 1. The van der Waals surface area contributed by atoms with Gasteiger partial charge in [0, 0.05) is 10.4 Å². The Labute approximate surface area is 281 Å². The molecule has 4 aromatic rings. The van der Waals surface area contributed by atoms with Gasteiger partial charge < -0.3 is 10.2 Å². The fourth-order valence-electron chi connectivity index (χ4n) is 4.94. The van der Waals surface area contributed by atoms with E-state index in [2.05, 4.69) is 55.1 Å². The molecule has 0 amide bonds. The number of aromatic nitrogens is 1. The van der Waals surface area contributed by atoms with E-state index < -0.39 is 11.6 Å². The minimum absolute atomic E-state index is 0.0783. The van der Waals surface area contributed by atoms with E-state index in [9.17, 15) is 9.90 Å². The van der Waals surface area contributed by atoms with Crippen LogP contribution in [-0.4, -0.2) is 26.9 Å². The van der Waals surface area contributed by atoms with E-state index in [4.69, 9.17) is 21.7 Å². The summed E-state index contributed by atoms with van der Waals surface area (Å²) in [5.74, 6) is 0.0285. The average molecular weight is 648 g/mol. The molecule has 0 saturated heterocycles. The van der Waals surface area contributed by atoms with Gasteiger partial charge in [0.05, 0.1) is 23.2 Å². The molecule has 2 N–H and O–H groups in total. The van der Waals surface area contributed by atoms with Gasteiger partial charge in [0.2, 0.25) is 0 Å². The number of pyridine rings is 1. The summed E-state index contributed by atoms with van der Waals surface area (Å²) in [6.07, 6.45) is 9.51. The molecule has 0 aliphatic heterocycles. The summed E-state index contributed by atoms with van der Waals surface area (Å²) in [6, 6.07) is 26.7. The van der Waals surface area contributed by atoms with Crippen molar-refractivity contribution in [1.82, 2.24) is 4.98 Å². The number of benzene rings is 3. The number of carboxylic acid groups (broad SMARTS) is 1. The van der Waals surface area contributed by atoms with Crippen LogP contribution in [0.4, 0.5) is 0 Å². The quantitative estimate of drug-likeness (QED) is 0.150. The maximum absolute atomic E-state index is 10.4. The molecule has 1 aliphatic rings. The number of hydrogen-bond donors (Lipinski definition) is 3. The van der Waals surface area contributed by atoms with Crippen molar-refractivity contribution in [2.24, 2.45) is 5.41 Å². The second-order valence-electron chi connectivity index (χ2n) is 11.4. The molecule has 1 aromatic heterocycles. The predicted molar refractivity (Wildman–Crippen MR) is 196 cm³/mol.